The standard InChI is InChI=1S/C16H21NO3S/c18-15(19)14-10-12(4-8-17-14)21-13-5-9-20-16(11-13)6-2-1-3-7-16/h4,8,10,13H,1-3,5-7,9,11H2,(H,18,19). The Morgan fingerprint density at radius 1 is 1.38 bits per heavy atom. The zero-order valence-corrected chi connectivity index (χ0v) is 12.9. The van der Waals surface area contributed by atoms with Gasteiger partial charge in [0.25, 0.3) is 0 Å². The highest BCUT2D eigenvalue weighted by Crippen LogP contribution is 2.43. The van der Waals surface area contributed by atoms with Crippen molar-refractivity contribution in [3.63, 3.8) is 0 Å². The first-order chi connectivity index (χ1) is 10.2. The van der Waals surface area contributed by atoms with E-state index in [1.54, 1.807) is 24.0 Å². The van der Waals surface area contributed by atoms with Gasteiger partial charge in [0.05, 0.1) is 5.60 Å². The lowest BCUT2D eigenvalue weighted by molar-refractivity contribution is -0.0971. The van der Waals surface area contributed by atoms with Crippen LogP contribution in [-0.4, -0.2) is 33.5 Å². The van der Waals surface area contributed by atoms with Gasteiger partial charge >= 0.3 is 5.97 Å². The van der Waals surface area contributed by atoms with Gasteiger partial charge in [-0.25, -0.2) is 9.78 Å². The lowest BCUT2D eigenvalue weighted by atomic mass is 9.80. The summed E-state index contributed by atoms with van der Waals surface area (Å²) in [7, 11) is 0. The first-order valence-corrected chi connectivity index (χ1v) is 8.55. The van der Waals surface area contributed by atoms with Crippen LogP contribution in [0.4, 0.5) is 0 Å². The SMILES string of the molecule is O=C(O)c1cc(SC2CCOC3(CCCCC3)C2)ccn1. The molecule has 1 aromatic rings. The van der Waals surface area contributed by atoms with Crippen LogP contribution in [0.15, 0.2) is 23.2 Å². The summed E-state index contributed by atoms with van der Waals surface area (Å²) in [4.78, 5) is 15.9. The van der Waals surface area contributed by atoms with Crippen molar-refractivity contribution in [3.8, 4) is 0 Å². The molecule has 0 aromatic carbocycles. The van der Waals surface area contributed by atoms with Gasteiger partial charge in [-0.2, -0.15) is 0 Å². The molecule has 0 radical (unpaired) electrons. The van der Waals surface area contributed by atoms with Gasteiger partial charge in [-0.05, 0) is 37.8 Å². The molecule has 2 aliphatic rings. The van der Waals surface area contributed by atoms with Crippen molar-refractivity contribution in [3.05, 3.63) is 24.0 Å². The molecule has 0 amide bonds. The highest BCUT2D eigenvalue weighted by atomic mass is 32.2. The van der Waals surface area contributed by atoms with E-state index in [-0.39, 0.29) is 11.3 Å². The molecule has 1 unspecified atom stereocenters. The van der Waals surface area contributed by atoms with Crippen LogP contribution in [-0.2, 0) is 4.74 Å². The third kappa shape index (κ3) is 3.58. The molecule has 1 aliphatic carbocycles. The van der Waals surface area contributed by atoms with Crippen LogP contribution in [0.5, 0.6) is 0 Å². The number of pyridine rings is 1. The number of ether oxygens (including phenoxy) is 1. The lowest BCUT2D eigenvalue weighted by Gasteiger charge is -2.43. The van der Waals surface area contributed by atoms with E-state index < -0.39 is 5.97 Å². The largest absolute Gasteiger partial charge is 0.477 e. The number of carbonyl (C=O) groups is 1. The molecule has 2 fully saturated rings. The molecule has 1 aromatic heterocycles. The fraction of sp³-hybridized carbons (Fsp3) is 0.625. The van der Waals surface area contributed by atoms with Crippen LogP contribution < -0.4 is 0 Å². The third-order valence-corrected chi connectivity index (χ3v) is 5.73. The van der Waals surface area contributed by atoms with E-state index in [0.717, 1.165) is 24.3 Å². The Bertz CT molecular complexity index is 508. The van der Waals surface area contributed by atoms with E-state index in [1.807, 2.05) is 6.07 Å². The zero-order chi connectivity index (χ0) is 14.7. The van der Waals surface area contributed by atoms with Crippen molar-refractivity contribution in [1.29, 1.82) is 0 Å². The summed E-state index contributed by atoms with van der Waals surface area (Å²) in [6, 6.07) is 3.58. The molecule has 1 aliphatic heterocycles. The number of hydrogen-bond donors (Lipinski definition) is 1. The Hall–Kier alpha value is -1.07. The van der Waals surface area contributed by atoms with Crippen LogP contribution >= 0.6 is 11.8 Å². The van der Waals surface area contributed by atoms with Crippen LogP contribution in [0, 0.1) is 0 Å². The average molecular weight is 307 g/mol. The quantitative estimate of drug-likeness (QED) is 0.921. The Balaban J connectivity index is 1.67. The minimum Gasteiger partial charge on any atom is -0.477 e. The molecule has 1 N–H and O–H groups in total. The van der Waals surface area contributed by atoms with Crippen molar-refractivity contribution >= 4 is 17.7 Å². The predicted octanol–water partition coefficient (Wildman–Crippen LogP) is 3.75. The minimum absolute atomic E-state index is 0.0941. The number of thioether (sulfide) groups is 1. The average Bonchev–Trinajstić information content (AvgIpc) is 2.48. The highest BCUT2D eigenvalue weighted by molar-refractivity contribution is 8.00. The molecule has 5 heteroatoms. The maximum atomic E-state index is 11.0. The second-order valence-corrected chi connectivity index (χ2v) is 7.38. The van der Waals surface area contributed by atoms with Gasteiger partial charge in [-0.3, -0.25) is 0 Å². The molecule has 1 saturated carbocycles. The molecule has 4 nitrogen and oxygen atoms in total. The Labute approximate surface area is 129 Å². The van der Waals surface area contributed by atoms with Crippen molar-refractivity contribution < 1.29 is 14.6 Å². The highest BCUT2D eigenvalue weighted by Gasteiger charge is 2.38. The molecular weight excluding hydrogens is 286 g/mol. The van der Waals surface area contributed by atoms with Crippen molar-refractivity contribution in [2.75, 3.05) is 6.61 Å². The summed E-state index contributed by atoms with van der Waals surface area (Å²) in [5.41, 5.74) is 0.219. The van der Waals surface area contributed by atoms with Gasteiger partial charge in [-0.1, -0.05) is 19.3 Å². The maximum Gasteiger partial charge on any atom is 0.354 e. The first-order valence-electron chi connectivity index (χ1n) is 7.67. The van der Waals surface area contributed by atoms with E-state index >= 15 is 0 Å². The molecule has 1 saturated heterocycles. The smallest absolute Gasteiger partial charge is 0.354 e. The minimum atomic E-state index is -0.965. The topological polar surface area (TPSA) is 59.4 Å². The number of carboxylic acids is 1. The van der Waals surface area contributed by atoms with Gasteiger partial charge in [0.1, 0.15) is 5.69 Å². The van der Waals surface area contributed by atoms with Crippen LogP contribution in [0.3, 0.4) is 0 Å². The Kier molecular flexibility index (Phi) is 4.50. The summed E-state index contributed by atoms with van der Waals surface area (Å²) in [6.07, 6.45) is 9.95. The van der Waals surface area contributed by atoms with E-state index in [9.17, 15) is 4.79 Å². The summed E-state index contributed by atoms with van der Waals surface area (Å²) in [6.45, 7) is 0.828. The van der Waals surface area contributed by atoms with E-state index in [0.29, 0.717) is 5.25 Å². The van der Waals surface area contributed by atoms with Crippen molar-refractivity contribution in [2.45, 2.75) is 60.7 Å². The molecule has 1 atom stereocenters. The fourth-order valence-corrected chi connectivity index (χ4v) is 4.73. The van der Waals surface area contributed by atoms with Gasteiger partial charge in [0, 0.05) is 22.9 Å². The third-order valence-electron chi connectivity index (χ3n) is 4.47. The summed E-state index contributed by atoms with van der Waals surface area (Å²) in [5.74, 6) is -0.965. The van der Waals surface area contributed by atoms with Crippen molar-refractivity contribution in [1.82, 2.24) is 4.98 Å². The molecule has 0 bridgehead atoms. The number of hydrogen-bond acceptors (Lipinski definition) is 4. The fourth-order valence-electron chi connectivity index (χ4n) is 3.42. The second-order valence-electron chi connectivity index (χ2n) is 6.01. The Morgan fingerprint density at radius 2 is 2.19 bits per heavy atom. The summed E-state index contributed by atoms with van der Waals surface area (Å²) >= 11 is 1.78. The predicted molar refractivity (Wildman–Crippen MR) is 81.8 cm³/mol. The van der Waals surface area contributed by atoms with Crippen molar-refractivity contribution in [2.24, 2.45) is 0 Å². The number of carboxylic acid groups (broad SMARTS) is 1. The van der Waals surface area contributed by atoms with E-state index in [1.165, 1.54) is 32.1 Å². The molecule has 21 heavy (non-hydrogen) atoms. The van der Waals surface area contributed by atoms with Gasteiger partial charge in [-0.15, -0.1) is 11.8 Å². The summed E-state index contributed by atoms with van der Waals surface area (Å²) < 4.78 is 6.12. The van der Waals surface area contributed by atoms with Gasteiger partial charge < -0.3 is 9.84 Å². The second kappa shape index (κ2) is 6.36. The van der Waals surface area contributed by atoms with E-state index in [4.69, 9.17) is 9.84 Å². The van der Waals surface area contributed by atoms with Crippen LogP contribution in [0.2, 0.25) is 0 Å². The lowest BCUT2D eigenvalue weighted by Crippen LogP contribution is -2.42. The van der Waals surface area contributed by atoms with Crippen LogP contribution in [0.25, 0.3) is 0 Å². The number of aromatic carboxylic acids is 1. The molecule has 1 spiro atoms. The summed E-state index contributed by atoms with van der Waals surface area (Å²) in [5, 5.41) is 9.54. The number of aromatic nitrogens is 1. The molecule has 2 heterocycles. The number of rotatable bonds is 3. The van der Waals surface area contributed by atoms with Crippen LogP contribution in [0.1, 0.15) is 55.4 Å². The Morgan fingerprint density at radius 3 is 2.95 bits per heavy atom. The van der Waals surface area contributed by atoms with E-state index in [2.05, 4.69) is 4.98 Å². The monoisotopic (exact) mass is 307 g/mol. The normalized spacial score (nSPS) is 24.9. The molecule has 114 valence electrons. The first kappa shape index (κ1) is 14.9. The molecule has 3 rings (SSSR count). The maximum absolute atomic E-state index is 11.0. The molecular formula is C16H21NO3S. The van der Waals surface area contributed by atoms with Gasteiger partial charge in [0.2, 0.25) is 0 Å². The number of nitrogens with zero attached hydrogens (tertiary/aromatic N) is 1. The zero-order valence-electron chi connectivity index (χ0n) is 12.1. The van der Waals surface area contributed by atoms with Gasteiger partial charge in [0.15, 0.2) is 0 Å².